The van der Waals surface area contributed by atoms with Crippen molar-refractivity contribution >= 4 is 29.1 Å². The quantitative estimate of drug-likeness (QED) is 0.765. The summed E-state index contributed by atoms with van der Waals surface area (Å²) in [6.45, 7) is 0.0423. The lowest BCUT2D eigenvalue weighted by atomic mass is 9.88. The summed E-state index contributed by atoms with van der Waals surface area (Å²) in [4.78, 5) is 13.7. The van der Waals surface area contributed by atoms with Gasteiger partial charge >= 0.3 is 0 Å². The molecule has 1 aromatic rings. The molecule has 4 atom stereocenters. The van der Waals surface area contributed by atoms with Gasteiger partial charge in [-0.25, -0.2) is 0 Å². The summed E-state index contributed by atoms with van der Waals surface area (Å²) in [5.41, 5.74) is 0.769. The fourth-order valence-corrected chi connectivity index (χ4v) is 4.22. The maximum absolute atomic E-state index is 12.0. The minimum atomic E-state index is -1.33. The SMILES string of the molecule is O=C(C(O)CO)N1CC2CC1CC2Cc1cc(Cl)c(Cl)cc1O. The highest BCUT2D eigenvalue weighted by Gasteiger charge is 2.47. The van der Waals surface area contributed by atoms with Crippen LogP contribution in [0.4, 0.5) is 0 Å². The highest BCUT2D eigenvalue weighted by atomic mass is 35.5. The van der Waals surface area contributed by atoms with Gasteiger partial charge in [-0.15, -0.1) is 0 Å². The Hall–Kier alpha value is -1.01. The van der Waals surface area contributed by atoms with Crippen molar-refractivity contribution in [1.29, 1.82) is 0 Å². The fourth-order valence-electron chi connectivity index (χ4n) is 3.87. The van der Waals surface area contributed by atoms with E-state index in [0.29, 0.717) is 34.8 Å². The smallest absolute Gasteiger partial charge is 0.254 e. The summed E-state index contributed by atoms with van der Waals surface area (Å²) in [6, 6.07) is 3.26. The number of hydrogen-bond donors (Lipinski definition) is 3. The van der Waals surface area contributed by atoms with E-state index in [0.717, 1.165) is 18.4 Å². The van der Waals surface area contributed by atoms with Crippen molar-refractivity contribution < 1.29 is 20.1 Å². The first-order chi connectivity index (χ1) is 10.9. The average molecular weight is 360 g/mol. The average Bonchev–Trinajstić information content (AvgIpc) is 3.11. The van der Waals surface area contributed by atoms with Crippen molar-refractivity contribution in [3.63, 3.8) is 0 Å². The molecule has 23 heavy (non-hydrogen) atoms. The van der Waals surface area contributed by atoms with E-state index in [9.17, 15) is 15.0 Å². The second-order valence-corrected chi connectivity index (χ2v) is 7.25. The molecule has 1 amide bonds. The molecule has 1 saturated carbocycles. The topological polar surface area (TPSA) is 81.0 Å². The van der Waals surface area contributed by atoms with Gasteiger partial charge < -0.3 is 20.2 Å². The van der Waals surface area contributed by atoms with Gasteiger partial charge in [-0.1, -0.05) is 23.2 Å². The van der Waals surface area contributed by atoms with Gasteiger partial charge in [-0.05, 0) is 42.7 Å². The fraction of sp³-hybridized carbons (Fsp3) is 0.562. The van der Waals surface area contributed by atoms with Crippen LogP contribution >= 0.6 is 23.2 Å². The Labute approximate surface area is 144 Å². The number of amides is 1. The molecule has 1 aliphatic carbocycles. The van der Waals surface area contributed by atoms with E-state index < -0.39 is 18.6 Å². The molecule has 7 heteroatoms. The lowest BCUT2D eigenvalue weighted by Gasteiger charge is -2.32. The number of benzene rings is 1. The van der Waals surface area contributed by atoms with Crippen LogP contribution in [0.2, 0.25) is 10.0 Å². The molecule has 3 rings (SSSR count). The summed E-state index contributed by atoms with van der Waals surface area (Å²) in [7, 11) is 0. The van der Waals surface area contributed by atoms with Crippen LogP contribution in [-0.2, 0) is 11.2 Å². The zero-order valence-corrected chi connectivity index (χ0v) is 14.0. The molecule has 1 aliphatic heterocycles. The molecule has 1 heterocycles. The predicted molar refractivity (Wildman–Crippen MR) is 86.6 cm³/mol. The first-order valence-corrected chi connectivity index (χ1v) is 8.42. The monoisotopic (exact) mass is 359 g/mol. The summed E-state index contributed by atoms with van der Waals surface area (Å²) < 4.78 is 0. The van der Waals surface area contributed by atoms with Crippen molar-refractivity contribution in [2.75, 3.05) is 13.2 Å². The number of aromatic hydroxyl groups is 1. The number of carbonyl (C=O) groups excluding carboxylic acids is 1. The normalized spacial score (nSPS) is 27.5. The Morgan fingerprint density at radius 2 is 2.00 bits per heavy atom. The van der Waals surface area contributed by atoms with Crippen LogP contribution in [-0.4, -0.2) is 51.4 Å². The van der Waals surface area contributed by atoms with Crippen LogP contribution in [0.3, 0.4) is 0 Å². The Kier molecular flexibility index (Phi) is 4.74. The zero-order valence-electron chi connectivity index (χ0n) is 12.5. The first-order valence-electron chi connectivity index (χ1n) is 7.67. The molecule has 5 nitrogen and oxygen atoms in total. The van der Waals surface area contributed by atoms with Gasteiger partial charge in [0.25, 0.3) is 5.91 Å². The number of hydrogen-bond acceptors (Lipinski definition) is 4. The number of nitrogens with zero attached hydrogens (tertiary/aromatic N) is 1. The molecule has 2 aliphatic rings. The molecule has 1 saturated heterocycles. The van der Waals surface area contributed by atoms with Gasteiger partial charge in [0.2, 0.25) is 0 Å². The molecule has 126 valence electrons. The van der Waals surface area contributed by atoms with Gasteiger partial charge in [0.05, 0.1) is 16.7 Å². The summed E-state index contributed by atoms with van der Waals surface area (Å²) in [5.74, 6) is 0.448. The van der Waals surface area contributed by atoms with Crippen LogP contribution in [0.15, 0.2) is 12.1 Å². The Balaban J connectivity index is 1.67. The first kappa shape index (κ1) is 16.8. The summed E-state index contributed by atoms with van der Waals surface area (Å²) in [5, 5.41) is 29.2. The molecule has 2 bridgehead atoms. The summed E-state index contributed by atoms with van der Waals surface area (Å²) in [6.07, 6.45) is 1.09. The second-order valence-electron chi connectivity index (χ2n) is 6.43. The zero-order chi connectivity index (χ0) is 16.7. The Bertz CT molecular complexity index is 624. The van der Waals surface area contributed by atoms with Crippen molar-refractivity contribution in [3.05, 3.63) is 27.7 Å². The number of aliphatic hydroxyl groups is 2. The van der Waals surface area contributed by atoms with Crippen LogP contribution < -0.4 is 0 Å². The maximum Gasteiger partial charge on any atom is 0.254 e. The Morgan fingerprint density at radius 3 is 2.61 bits per heavy atom. The van der Waals surface area contributed by atoms with Crippen LogP contribution in [0.1, 0.15) is 18.4 Å². The van der Waals surface area contributed by atoms with Crippen molar-refractivity contribution in [2.45, 2.75) is 31.4 Å². The minimum absolute atomic E-state index is 0.101. The third-order valence-electron chi connectivity index (χ3n) is 5.03. The third-order valence-corrected chi connectivity index (χ3v) is 5.76. The van der Waals surface area contributed by atoms with Gasteiger partial charge in [0.15, 0.2) is 6.10 Å². The van der Waals surface area contributed by atoms with E-state index in [1.807, 2.05) is 0 Å². The number of piperidine rings is 1. The third kappa shape index (κ3) is 3.15. The molecule has 1 aromatic carbocycles. The lowest BCUT2D eigenvalue weighted by Crippen LogP contribution is -2.46. The van der Waals surface area contributed by atoms with E-state index in [2.05, 4.69) is 0 Å². The van der Waals surface area contributed by atoms with Crippen LogP contribution in [0, 0.1) is 11.8 Å². The molecule has 0 aromatic heterocycles. The molecule has 4 unspecified atom stereocenters. The predicted octanol–water partition coefficient (Wildman–Crippen LogP) is 1.83. The number of aliphatic hydroxyl groups excluding tert-OH is 2. The van der Waals surface area contributed by atoms with Crippen molar-refractivity contribution in [3.8, 4) is 5.75 Å². The number of carbonyl (C=O) groups is 1. The van der Waals surface area contributed by atoms with E-state index in [1.54, 1.807) is 11.0 Å². The Morgan fingerprint density at radius 1 is 1.30 bits per heavy atom. The highest BCUT2D eigenvalue weighted by Crippen LogP contribution is 2.45. The number of phenols is 1. The van der Waals surface area contributed by atoms with Gasteiger partial charge in [0.1, 0.15) is 5.75 Å². The lowest BCUT2D eigenvalue weighted by molar-refractivity contribution is -0.144. The van der Waals surface area contributed by atoms with E-state index in [1.165, 1.54) is 6.07 Å². The number of phenolic OH excluding ortho intramolecular Hbond substituents is 1. The number of halogens is 2. The maximum atomic E-state index is 12.0. The van der Waals surface area contributed by atoms with Crippen LogP contribution in [0.25, 0.3) is 0 Å². The summed E-state index contributed by atoms with van der Waals surface area (Å²) >= 11 is 11.9. The number of likely N-dealkylation sites (tertiary alicyclic amines) is 1. The second kappa shape index (κ2) is 6.48. The van der Waals surface area contributed by atoms with Crippen LogP contribution in [0.5, 0.6) is 5.75 Å². The number of fused-ring (bicyclic) bond motifs is 2. The van der Waals surface area contributed by atoms with Gasteiger partial charge in [-0.3, -0.25) is 4.79 Å². The van der Waals surface area contributed by atoms with E-state index in [4.69, 9.17) is 28.3 Å². The van der Waals surface area contributed by atoms with Crippen molar-refractivity contribution in [1.82, 2.24) is 4.90 Å². The largest absolute Gasteiger partial charge is 0.508 e. The molecular formula is C16H19Cl2NO4. The molecule has 2 fully saturated rings. The standard InChI is InChI=1S/C16H19Cl2NO4/c17-12-4-9(14(21)5-13(12)18)1-8-2-11-3-10(8)6-19(11)16(23)15(22)7-20/h4-5,8,10-11,15,20-22H,1-3,6-7H2. The highest BCUT2D eigenvalue weighted by molar-refractivity contribution is 6.42. The van der Waals surface area contributed by atoms with E-state index in [-0.39, 0.29) is 11.8 Å². The molecule has 3 N–H and O–H groups in total. The number of rotatable bonds is 4. The van der Waals surface area contributed by atoms with Gasteiger partial charge in [-0.2, -0.15) is 0 Å². The molecule has 0 radical (unpaired) electrons. The molecular weight excluding hydrogens is 341 g/mol. The molecule has 0 spiro atoms. The van der Waals surface area contributed by atoms with E-state index >= 15 is 0 Å². The van der Waals surface area contributed by atoms with Crippen molar-refractivity contribution in [2.24, 2.45) is 11.8 Å². The minimum Gasteiger partial charge on any atom is -0.508 e. The van der Waals surface area contributed by atoms with Gasteiger partial charge in [0, 0.05) is 18.7 Å².